The molecule has 6 rings (SSSR count). The van der Waals surface area contributed by atoms with E-state index in [0.29, 0.717) is 18.0 Å². The molecular weight excluding hydrogens is 452 g/mol. The van der Waals surface area contributed by atoms with Crippen LogP contribution in [0.25, 0.3) is 16.9 Å². The van der Waals surface area contributed by atoms with Crippen molar-refractivity contribution in [2.75, 3.05) is 30.4 Å². The van der Waals surface area contributed by atoms with Gasteiger partial charge in [-0.2, -0.15) is 0 Å². The van der Waals surface area contributed by atoms with Gasteiger partial charge in [0.05, 0.1) is 17.6 Å². The lowest BCUT2D eigenvalue weighted by Gasteiger charge is -2.23. The molecular formula is C28H36N6O2. The highest BCUT2D eigenvalue weighted by atomic mass is 16.5. The number of rotatable bonds is 8. The van der Waals surface area contributed by atoms with Gasteiger partial charge in [-0.25, -0.2) is 9.50 Å². The lowest BCUT2D eigenvalue weighted by molar-refractivity contribution is 0.0699. The average molecular weight is 489 g/mol. The van der Waals surface area contributed by atoms with Crippen molar-refractivity contribution in [1.82, 2.24) is 19.9 Å². The molecule has 36 heavy (non-hydrogen) atoms. The fraction of sp³-hybridized carbons (Fsp3) is 0.536. The molecule has 8 heteroatoms. The smallest absolute Gasteiger partial charge is 0.251 e. The number of aromatic nitrogens is 3. The maximum absolute atomic E-state index is 12.6. The number of aryl methyl sites for hydroxylation is 1. The number of carbonyl (C=O) groups excluding carboxylic acids is 1. The third-order valence-corrected chi connectivity index (χ3v) is 7.78. The second-order valence-electron chi connectivity index (χ2n) is 10.7. The summed E-state index contributed by atoms with van der Waals surface area (Å²) in [5.41, 5.74) is 5.44. The van der Waals surface area contributed by atoms with E-state index in [-0.39, 0.29) is 5.91 Å². The maximum atomic E-state index is 12.6. The summed E-state index contributed by atoms with van der Waals surface area (Å²) in [6.07, 6.45) is 11.1. The van der Waals surface area contributed by atoms with Gasteiger partial charge in [-0.15, -0.1) is 5.10 Å². The van der Waals surface area contributed by atoms with E-state index in [9.17, 15) is 4.79 Å². The van der Waals surface area contributed by atoms with Crippen LogP contribution < -0.4 is 16.0 Å². The Bertz CT molecular complexity index is 1240. The Morgan fingerprint density at radius 3 is 2.61 bits per heavy atom. The first-order valence-corrected chi connectivity index (χ1v) is 13.5. The van der Waals surface area contributed by atoms with E-state index in [2.05, 4.69) is 28.1 Å². The molecule has 0 radical (unpaired) electrons. The van der Waals surface area contributed by atoms with Crippen molar-refractivity contribution in [1.29, 1.82) is 0 Å². The zero-order valence-corrected chi connectivity index (χ0v) is 21.1. The van der Waals surface area contributed by atoms with E-state index in [1.165, 1.54) is 25.7 Å². The van der Waals surface area contributed by atoms with Crippen LogP contribution in [0.1, 0.15) is 67.3 Å². The SMILES string of the molecule is Cc1cc(-c2cnc3c(NCC4CCOCC4)cc(NC4CCCC4)nn23)ccc1C(=O)NC1CC1. The Morgan fingerprint density at radius 2 is 1.86 bits per heavy atom. The highest BCUT2D eigenvalue weighted by Gasteiger charge is 2.25. The summed E-state index contributed by atoms with van der Waals surface area (Å²) in [4.78, 5) is 17.4. The monoisotopic (exact) mass is 488 g/mol. The molecule has 2 saturated carbocycles. The Labute approximate surface area is 212 Å². The number of carbonyl (C=O) groups is 1. The number of imidazole rings is 1. The number of benzene rings is 1. The van der Waals surface area contributed by atoms with Crippen molar-refractivity contribution in [2.45, 2.75) is 70.4 Å². The molecule has 190 valence electrons. The van der Waals surface area contributed by atoms with Crippen molar-refractivity contribution in [3.63, 3.8) is 0 Å². The van der Waals surface area contributed by atoms with E-state index >= 15 is 0 Å². The Morgan fingerprint density at radius 1 is 1.06 bits per heavy atom. The number of nitrogens with zero attached hydrogens (tertiary/aromatic N) is 3. The predicted octanol–water partition coefficient (Wildman–Crippen LogP) is 4.79. The molecule has 8 nitrogen and oxygen atoms in total. The Hall–Kier alpha value is -3.13. The van der Waals surface area contributed by atoms with Crippen molar-refractivity contribution in [3.05, 3.63) is 41.6 Å². The highest BCUT2D eigenvalue weighted by molar-refractivity contribution is 5.96. The van der Waals surface area contributed by atoms with Crippen molar-refractivity contribution in [2.24, 2.45) is 5.92 Å². The predicted molar refractivity (Wildman–Crippen MR) is 142 cm³/mol. The fourth-order valence-electron chi connectivity index (χ4n) is 5.42. The van der Waals surface area contributed by atoms with Crippen molar-refractivity contribution < 1.29 is 9.53 Å². The van der Waals surface area contributed by atoms with Crippen LogP contribution in [0.5, 0.6) is 0 Å². The second kappa shape index (κ2) is 10.1. The normalized spacial score (nSPS) is 19.0. The third-order valence-electron chi connectivity index (χ3n) is 7.78. The number of hydrogen-bond acceptors (Lipinski definition) is 6. The lowest BCUT2D eigenvalue weighted by atomic mass is 10.0. The Kier molecular flexibility index (Phi) is 6.52. The summed E-state index contributed by atoms with van der Waals surface area (Å²) in [6.45, 7) is 4.58. The van der Waals surface area contributed by atoms with Gasteiger partial charge in [-0.1, -0.05) is 18.9 Å². The van der Waals surface area contributed by atoms with E-state index in [0.717, 1.165) is 85.0 Å². The molecule has 1 aromatic carbocycles. The molecule has 1 amide bonds. The summed E-state index contributed by atoms with van der Waals surface area (Å²) in [6, 6.07) is 8.92. The standard InChI is InChI=1S/C28H36N6O2/c1-18-14-20(6-9-23(18)28(35)32-22-7-8-22)25-17-30-27-24(29-16-19-10-12-36-13-11-19)15-26(33-34(25)27)31-21-4-2-3-5-21/h6,9,14-15,17,19,21-22,29H,2-5,7-8,10-13,16H2,1H3,(H,31,33)(H,32,35). The van der Waals surface area contributed by atoms with Crippen LogP contribution in [-0.4, -0.2) is 52.3 Å². The van der Waals surface area contributed by atoms with Gasteiger partial charge in [0, 0.05) is 49.0 Å². The second-order valence-corrected chi connectivity index (χ2v) is 10.7. The molecule has 0 unspecified atom stereocenters. The molecule has 2 aliphatic carbocycles. The minimum absolute atomic E-state index is 0.0143. The van der Waals surface area contributed by atoms with Gasteiger partial charge in [-0.3, -0.25) is 4.79 Å². The largest absolute Gasteiger partial charge is 0.382 e. The molecule has 1 aliphatic heterocycles. The number of hydrogen-bond donors (Lipinski definition) is 3. The molecule has 2 aromatic heterocycles. The summed E-state index contributed by atoms with van der Waals surface area (Å²) in [7, 11) is 0. The third kappa shape index (κ3) is 5.05. The van der Waals surface area contributed by atoms with Crippen LogP contribution in [-0.2, 0) is 4.74 Å². The van der Waals surface area contributed by atoms with Gasteiger partial charge in [0.1, 0.15) is 5.82 Å². The van der Waals surface area contributed by atoms with Crippen LogP contribution in [0, 0.1) is 12.8 Å². The zero-order chi connectivity index (χ0) is 24.5. The molecule has 3 heterocycles. The van der Waals surface area contributed by atoms with Crippen LogP contribution in [0.4, 0.5) is 11.5 Å². The van der Waals surface area contributed by atoms with Gasteiger partial charge in [-0.05, 0) is 69.1 Å². The average Bonchev–Trinajstić information content (AvgIpc) is 3.36. The van der Waals surface area contributed by atoms with Gasteiger partial charge in [0.2, 0.25) is 0 Å². The Balaban J connectivity index is 1.31. The van der Waals surface area contributed by atoms with Crippen molar-refractivity contribution >= 4 is 23.1 Å². The fourth-order valence-corrected chi connectivity index (χ4v) is 5.42. The van der Waals surface area contributed by atoms with Crippen LogP contribution in [0.2, 0.25) is 0 Å². The molecule has 1 saturated heterocycles. The number of ether oxygens (including phenoxy) is 1. The quantitative estimate of drug-likeness (QED) is 0.422. The van der Waals surface area contributed by atoms with E-state index in [1.54, 1.807) is 0 Å². The highest BCUT2D eigenvalue weighted by Crippen LogP contribution is 2.30. The molecule has 0 bridgehead atoms. The molecule has 3 aliphatic rings. The van der Waals surface area contributed by atoms with Gasteiger partial charge < -0.3 is 20.7 Å². The minimum atomic E-state index is 0.0143. The number of nitrogens with one attached hydrogen (secondary N) is 3. The summed E-state index contributed by atoms with van der Waals surface area (Å²) in [5.74, 6) is 1.49. The molecule has 3 aromatic rings. The first-order chi connectivity index (χ1) is 17.6. The molecule has 0 spiro atoms. The summed E-state index contributed by atoms with van der Waals surface area (Å²) >= 11 is 0. The van der Waals surface area contributed by atoms with Crippen LogP contribution >= 0.6 is 0 Å². The minimum Gasteiger partial charge on any atom is -0.382 e. The van der Waals surface area contributed by atoms with Gasteiger partial charge >= 0.3 is 0 Å². The lowest BCUT2D eigenvalue weighted by Crippen LogP contribution is -2.26. The van der Waals surface area contributed by atoms with E-state index in [1.807, 2.05) is 29.8 Å². The molecule has 3 N–H and O–H groups in total. The van der Waals surface area contributed by atoms with Crippen molar-refractivity contribution in [3.8, 4) is 11.3 Å². The van der Waals surface area contributed by atoms with E-state index < -0.39 is 0 Å². The first-order valence-electron chi connectivity index (χ1n) is 13.5. The van der Waals surface area contributed by atoms with Crippen LogP contribution in [0.15, 0.2) is 30.5 Å². The number of amides is 1. The summed E-state index contributed by atoms with van der Waals surface area (Å²) < 4.78 is 7.48. The topological polar surface area (TPSA) is 92.6 Å². The van der Waals surface area contributed by atoms with E-state index in [4.69, 9.17) is 14.8 Å². The van der Waals surface area contributed by atoms with Gasteiger partial charge in [0.25, 0.3) is 5.91 Å². The van der Waals surface area contributed by atoms with Crippen LogP contribution in [0.3, 0.4) is 0 Å². The first kappa shape index (κ1) is 23.3. The summed E-state index contributed by atoms with van der Waals surface area (Å²) in [5, 5.41) is 15.4. The maximum Gasteiger partial charge on any atom is 0.251 e. The number of anilines is 2. The molecule has 3 fully saturated rings. The van der Waals surface area contributed by atoms with Gasteiger partial charge in [0.15, 0.2) is 5.65 Å². The number of fused-ring (bicyclic) bond motifs is 1. The molecule has 0 atom stereocenters. The zero-order valence-electron chi connectivity index (χ0n) is 21.1.